The van der Waals surface area contributed by atoms with Crippen molar-refractivity contribution in [2.45, 2.75) is 32.7 Å². The first kappa shape index (κ1) is 25.7. The van der Waals surface area contributed by atoms with Crippen LogP contribution in [0.4, 0.5) is 11.5 Å². The molecule has 0 fully saturated rings. The number of benzene rings is 1. The summed E-state index contributed by atoms with van der Waals surface area (Å²) in [5.74, 6) is -0.0611. The summed E-state index contributed by atoms with van der Waals surface area (Å²) in [6.07, 6.45) is 1.02. The number of hydrogen-bond acceptors (Lipinski definition) is 7. The third kappa shape index (κ3) is 6.69. The van der Waals surface area contributed by atoms with Gasteiger partial charge in [-0.25, -0.2) is 4.79 Å². The number of aromatic nitrogens is 2. The molecule has 2 rings (SSSR count). The molecule has 180 valence electrons. The van der Waals surface area contributed by atoms with E-state index >= 15 is 0 Å². The van der Waals surface area contributed by atoms with E-state index < -0.39 is 11.2 Å². The average Bonchev–Trinajstić information content (AvgIpc) is 2.81. The number of nitrogen functional groups attached to an aromatic ring is 1. The Morgan fingerprint density at radius 3 is 2.48 bits per heavy atom. The van der Waals surface area contributed by atoms with Crippen LogP contribution in [-0.2, 0) is 16.1 Å². The van der Waals surface area contributed by atoms with Gasteiger partial charge >= 0.3 is 5.69 Å². The zero-order chi connectivity index (χ0) is 24.4. The second kappa shape index (κ2) is 12.4. The molecule has 4 N–H and O–H groups in total. The monoisotopic (exact) mass is 461 g/mol. The van der Waals surface area contributed by atoms with Gasteiger partial charge in [-0.05, 0) is 37.1 Å². The first-order chi connectivity index (χ1) is 15.8. The van der Waals surface area contributed by atoms with Crippen LogP contribution < -0.4 is 31.9 Å². The van der Waals surface area contributed by atoms with Crippen LogP contribution in [0.2, 0.25) is 0 Å². The van der Waals surface area contributed by atoms with E-state index in [-0.39, 0.29) is 49.4 Å². The van der Waals surface area contributed by atoms with Crippen LogP contribution in [0, 0.1) is 0 Å². The first-order valence-corrected chi connectivity index (χ1v) is 10.7. The molecule has 0 radical (unpaired) electrons. The second-order valence-electron chi connectivity index (χ2n) is 7.27. The highest BCUT2D eigenvalue weighted by molar-refractivity contribution is 5.96. The smallest absolute Gasteiger partial charge is 0.330 e. The number of hydrogen-bond donors (Lipinski definition) is 3. The molecule has 33 heavy (non-hydrogen) atoms. The number of rotatable bonds is 12. The number of carbonyl (C=O) groups excluding carboxylic acids is 2. The van der Waals surface area contributed by atoms with Crippen LogP contribution in [0.15, 0.2) is 33.9 Å². The Labute approximate surface area is 191 Å². The lowest BCUT2D eigenvalue weighted by Crippen LogP contribution is -2.42. The van der Waals surface area contributed by atoms with Gasteiger partial charge in [-0.2, -0.15) is 0 Å². The summed E-state index contributed by atoms with van der Waals surface area (Å²) in [7, 11) is 3.02. The summed E-state index contributed by atoms with van der Waals surface area (Å²) >= 11 is 0. The molecule has 0 unspecified atom stereocenters. The summed E-state index contributed by atoms with van der Waals surface area (Å²) < 4.78 is 11.4. The molecule has 2 aromatic rings. The fourth-order valence-corrected chi connectivity index (χ4v) is 3.25. The molecule has 1 aromatic carbocycles. The van der Waals surface area contributed by atoms with Crippen LogP contribution in [0.5, 0.6) is 5.75 Å². The molecule has 1 heterocycles. The maximum absolute atomic E-state index is 12.9. The van der Waals surface area contributed by atoms with E-state index in [0.717, 1.165) is 0 Å². The number of anilines is 2. The molecule has 0 spiro atoms. The number of methoxy groups -OCH3 is 2. The summed E-state index contributed by atoms with van der Waals surface area (Å²) in [6.45, 7) is 2.69. The van der Waals surface area contributed by atoms with Gasteiger partial charge in [0.1, 0.15) is 11.6 Å². The summed E-state index contributed by atoms with van der Waals surface area (Å²) in [4.78, 5) is 53.2. The molecule has 0 aliphatic rings. The van der Waals surface area contributed by atoms with Crippen molar-refractivity contribution in [2.75, 3.05) is 44.5 Å². The van der Waals surface area contributed by atoms with Gasteiger partial charge in [-0.15, -0.1) is 0 Å². The molecule has 0 atom stereocenters. The highest BCUT2D eigenvalue weighted by Gasteiger charge is 2.23. The van der Waals surface area contributed by atoms with Crippen molar-refractivity contribution in [3.8, 4) is 5.75 Å². The van der Waals surface area contributed by atoms with E-state index in [2.05, 4.69) is 10.3 Å². The molecule has 2 amide bonds. The van der Waals surface area contributed by atoms with E-state index in [0.29, 0.717) is 30.7 Å². The fourth-order valence-electron chi connectivity index (χ4n) is 3.25. The maximum Gasteiger partial charge on any atom is 0.330 e. The average molecular weight is 462 g/mol. The third-order valence-electron chi connectivity index (χ3n) is 4.96. The van der Waals surface area contributed by atoms with E-state index in [1.54, 1.807) is 31.4 Å². The van der Waals surface area contributed by atoms with Crippen LogP contribution in [0.1, 0.15) is 36.5 Å². The minimum absolute atomic E-state index is 0.0540. The van der Waals surface area contributed by atoms with Crippen molar-refractivity contribution in [3.05, 3.63) is 50.7 Å². The zero-order valence-corrected chi connectivity index (χ0v) is 19.2. The highest BCUT2D eigenvalue weighted by Crippen LogP contribution is 2.18. The Hall–Kier alpha value is -3.60. The van der Waals surface area contributed by atoms with Crippen molar-refractivity contribution in [1.29, 1.82) is 0 Å². The van der Waals surface area contributed by atoms with Gasteiger partial charge in [-0.1, -0.05) is 6.92 Å². The minimum atomic E-state index is -0.734. The topological polar surface area (TPSA) is 149 Å². The standard InChI is InChI=1S/C22H31N5O6/c1-4-12-27-19(23)18(21(30)25-22(27)31)26(13-14-32-2)17(28)6-5-11-24-20(29)15-7-9-16(33-3)10-8-15/h7-10H,4-6,11-14,23H2,1-3H3,(H,24,29)(H,25,30,31). The number of carbonyl (C=O) groups is 2. The Morgan fingerprint density at radius 1 is 1.18 bits per heavy atom. The van der Waals surface area contributed by atoms with Gasteiger partial charge in [0.05, 0.1) is 13.7 Å². The van der Waals surface area contributed by atoms with Gasteiger partial charge < -0.3 is 25.4 Å². The highest BCUT2D eigenvalue weighted by atomic mass is 16.5. The minimum Gasteiger partial charge on any atom is -0.497 e. The lowest BCUT2D eigenvalue weighted by atomic mass is 10.2. The number of ether oxygens (including phenoxy) is 2. The molecule has 0 aliphatic carbocycles. The van der Waals surface area contributed by atoms with Crippen LogP contribution in [0.3, 0.4) is 0 Å². The summed E-state index contributed by atoms with van der Waals surface area (Å²) in [5.41, 5.74) is 5.14. The third-order valence-corrected chi connectivity index (χ3v) is 4.96. The maximum atomic E-state index is 12.9. The van der Waals surface area contributed by atoms with E-state index in [1.807, 2.05) is 6.92 Å². The number of nitrogens with two attached hydrogens (primary N) is 1. The van der Waals surface area contributed by atoms with Crippen molar-refractivity contribution in [2.24, 2.45) is 0 Å². The summed E-state index contributed by atoms with van der Waals surface area (Å²) in [6, 6.07) is 6.66. The van der Waals surface area contributed by atoms with Crippen molar-refractivity contribution >= 4 is 23.3 Å². The molecule has 11 nitrogen and oxygen atoms in total. The Bertz CT molecular complexity index is 1060. The molecule has 11 heteroatoms. The van der Waals surface area contributed by atoms with Crippen molar-refractivity contribution in [1.82, 2.24) is 14.9 Å². The zero-order valence-electron chi connectivity index (χ0n) is 19.2. The van der Waals surface area contributed by atoms with Gasteiger partial charge in [0.15, 0.2) is 5.69 Å². The number of aromatic amines is 1. The fraction of sp³-hybridized carbons (Fsp3) is 0.455. The number of nitrogens with one attached hydrogen (secondary N) is 2. The normalized spacial score (nSPS) is 10.6. The number of amides is 2. The van der Waals surface area contributed by atoms with Crippen molar-refractivity contribution in [3.63, 3.8) is 0 Å². The molecular formula is C22H31N5O6. The lowest BCUT2D eigenvalue weighted by molar-refractivity contribution is -0.118. The molecule has 0 saturated carbocycles. The lowest BCUT2D eigenvalue weighted by Gasteiger charge is -2.24. The van der Waals surface area contributed by atoms with Gasteiger partial charge in [0.2, 0.25) is 5.91 Å². The quantitative estimate of drug-likeness (QED) is 0.395. The Kier molecular flexibility index (Phi) is 9.67. The number of nitrogens with zero attached hydrogens (tertiary/aromatic N) is 2. The number of H-pyrrole nitrogens is 1. The van der Waals surface area contributed by atoms with E-state index in [1.165, 1.54) is 16.6 Å². The predicted molar refractivity (Wildman–Crippen MR) is 125 cm³/mol. The van der Waals surface area contributed by atoms with Crippen LogP contribution in [0.25, 0.3) is 0 Å². The molecule has 0 saturated heterocycles. The second-order valence-corrected chi connectivity index (χ2v) is 7.27. The molecule has 0 aliphatic heterocycles. The molecule has 0 bridgehead atoms. The van der Waals surface area contributed by atoms with Crippen LogP contribution in [-0.4, -0.2) is 55.3 Å². The predicted octanol–water partition coefficient (Wildman–Crippen LogP) is 0.727. The van der Waals surface area contributed by atoms with E-state index in [9.17, 15) is 19.2 Å². The summed E-state index contributed by atoms with van der Waals surface area (Å²) in [5, 5.41) is 2.76. The first-order valence-electron chi connectivity index (χ1n) is 10.7. The van der Waals surface area contributed by atoms with Crippen LogP contribution >= 0.6 is 0 Å². The largest absolute Gasteiger partial charge is 0.497 e. The molecular weight excluding hydrogens is 430 g/mol. The molecule has 1 aromatic heterocycles. The Balaban J connectivity index is 2.07. The van der Waals surface area contributed by atoms with Gasteiger partial charge in [0.25, 0.3) is 11.5 Å². The van der Waals surface area contributed by atoms with Gasteiger partial charge in [-0.3, -0.25) is 23.9 Å². The van der Waals surface area contributed by atoms with Crippen molar-refractivity contribution < 1.29 is 19.1 Å². The SMILES string of the molecule is CCCn1c(N)c(N(CCOC)C(=O)CCCNC(=O)c2ccc(OC)cc2)c(=O)[nH]c1=O. The van der Waals surface area contributed by atoms with E-state index in [4.69, 9.17) is 15.2 Å². The Morgan fingerprint density at radius 2 is 1.88 bits per heavy atom. The van der Waals surface area contributed by atoms with Gasteiger partial charge in [0, 0.05) is 38.7 Å².